The van der Waals surface area contributed by atoms with Gasteiger partial charge in [-0.1, -0.05) is 13.8 Å². The van der Waals surface area contributed by atoms with Gasteiger partial charge in [-0.2, -0.15) is 0 Å². The fraction of sp³-hybridized carbons (Fsp3) is 0.750. The van der Waals surface area contributed by atoms with Crippen LogP contribution < -0.4 is 5.32 Å². The Hall–Kier alpha value is -1.24. The average molecular weight is 288 g/mol. The average Bonchev–Trinajstić information content (AvgIpc) is 2.83. The monoisotopic (exact) mass is 288 g/mol. The van der Waals surface area contributed by atoms with Crippen molar-refractivity contribution in [2.45, 2.75) is 32.7 Å². The van der Waals surface area contributed by atoms with Gasteiger partial charge in [0.1, 0.15) is 6.04 Å². The van der Waals surface area contributed by atoms with Crippen LogP contribution in [-0.4, -0.2) is 52.0 Å². The van der Waals surface area contributed by atoms with Crippen molar-refractivity contribution in [3.8, 4) is 0 Å². The van der Waals surface area contributed by atoms with Crippen LogP contribution in [0.3, 0.4) is 0 Å². The van der Waals surface area contributed by atoms with Crippen molar-refractivity contribution in [2.75, 3.05) is 18.2 Å². The van der Waals surface area contributed by atoms with Crippen LogP contribution >= 0.6 is 11.8 Å². The number of thioether (sulfide) groups is 1. The summed E-state index contributed by atoms with van der Waals surface area (Å²) in [4.78, 5) is 35.8. The summed E-state index contributed by atoms with van der Waals surface area (Å²) in [6.45, 7) is 3.86. The Morgan fingerprint density at radius 1 is 1.47 bits per heavy atom. The first-order chi connectivity index (χ1) is 8.95. The number of carbonyl (C=O) groups excluding carboxylic acids is 2. The maximum atomic E-state index is 12.0. The van der Waals surface area contributed by atoms with E-state index in [1.807, 2.05) is 0 Å². The summed E-state index contributed by atoms with van der Waals surface area (Å²) in [5.41, 5.74) is 0. The number of hydrogen-bond donors (Lipinski definition) is 2. The summed E-state index contributed by atoms with van der Waals surface area (Å²) >= 11 is 1.56. The molecule has 2 atom stereocenters. The number of rotatable bonds is 6. The van der Waals surface area contributed by atoms with Gasteiger partial charge in [-0.3, -0.25) is 14.4 Å². The Morgan fingerprint density at radius 3 is 2.74 bits per heavy atom. The van der Waals surface area contributed by atoms with Gasteiger partial charge < -0.3 is 15.3 Å². The molecule has 1 rings (SSSR count). The topological polar surface area (TPSA) is 86.7 Å². The van der Waals surface area contributed by atoms with Gasteiger partial charge in [0.05, 0.1) is 5.88 Å². The number of carboxylic acids is 1. The highest BCUT2D eigenvalue weighted by molar-refractivity contribution is 7.99. The number of amides is 2. The van der Waals surface area contributed by atoms with E-state index in [9.17, 15) is 14.4 Å². The first-order valence-electron chi connectivity index (χ1n) is 6.32. The molecule has 2 N–H and O–H groups in total. The first kappa shape index (κ1) is 15.8. The normalized spacial score (nSPS) is 20.1. The molecule has 0 spiro atoms. The quantitative estimate of drug-likeness (QED) is 0.744. The lowest BCUT2D eigenvalue weighted by atomic mass is 10.1. The van der Waals surface area contributed by atoms with E-state index in [0.29, 0.717) is 24.6 Å². The molecule has 1 aliphatic rings. The van der Waals surface area contributed by atoms with Crippen LogP contribution in [0.25, 0.3) is 0 Å². The summed E-state index contributed by atoms with van der Waals surface area (Å²) in [7, 11) is 0. The van der Waals surface area contributed by atoms with Crippen molar-refractivity contribution in [3.63, 3.8) is 0 Å². The number of carboxylic acid groups (broad SMARTS) is 1. The molecule has 0 aromatic carbocycles. The molecular formula is C12H20N2O4S. The molecule has 0 radical (unpaired) electrons. The van der Waals surface area contributed by atoms with Gasteiger partial charge in [0.15, 0.2) is 0 Å². The summed E-state index contributed by atoms with van der Waals surface area (Å²) in [6, 6.07) is -0.422. The largest absolute Gasteiger partial charge is 0.481 e. The lowest BCUT2D eigenvalue weighted by Crippen LogP contribution is -2.48. The molecule has 0 aromatic heterocycles. The van der Waals surface area contributed by atoms with Crippen LogP contribution in [0.2, 0.25) is 0 Å². The second kappa shape index (κ2) is 7.37. The van der Waals surface area contributed by atoms with E-state index >= 15 is 0 Å². The van der Waals surface area contributed by atoms with Crippen molar-refractivity contribution in [1.29, 1.82) is 0 Å². The number of nitrogens with one attached hydrogen (secondary N) is 1. The molecule has 108 valence electrons. The van der Waals surface area contributed by atoms with Crippen molar-refractivity contribution in [3.05, 3.63) is 0 Å². The van der Waals surface area contributed by atoms with Crippen LogP contribution in [0.4, 0.5) is 0 Å². The van der Waals surface area contributed by atoms with Gasteiger partial charge in [0.2, 0.25) is 11.8 Å². The van der Waals surface area contributed by atoms with Crippen LogP contribution in [0, 0.1) is 5.92 Å². The van der Waals surface area contributed by atoms with E-state index < -0.39 is 12.0 Å². The number of nitrogens with zero attached hydrogens (tertiary/aromatic N) is 1. The highest BCUT2D eigenvalue weighted by Gasteiger charge is 2.33. The third-order valence-corrected chi connectivity index (χ3v) is 3.97. The third-order valence-electron chi connectivity index (χ3n) is 2.96. The zero-order chi connectivity index (χ0) is 14.4. The number of hydrogen-bond acceptors (Lipinski definition) is 4. The molecule has 1 heterocycles. The second-order valence-corrected chi connectivity index (χ2v) is 5.68. The third kappa shape index (κ3) is 4.74. The van der Waals surface area contributed by atoms with Gasteiger partial charge in [0.25, 0.3) is 0 Å². The van der Waals surface area contributed by atoms with Gasteiger partial charge in [-0.15, -0.1) is 11.8 Å². The Bertz CT molecular complexity index is 362. The Kier molecular flexibility index (Phi) is 6.14. The molecule has 2 unspecified atom stereocenters. The standard InChI is InChI=1S/C12H20N2O4S/c1-3-10(15)14-7-19-6-9(14)12(18)13-5-8(2)4-11(16)17/h8-9H,3-7H2,1-2H3,(H,13,18)(H,16,17). The summed E-state index contributed by atoms with van der Waals surface area (Å²) in [6.07, 6.45) is 0.414. The fourth-order valence-corrected chi connectivity index (χ4v) is 3.05. The highest BCUT2D eigenvalue weighted by atomic mass is 32.2. The maximum absolute atomic E-state index is 12.0. The van der Waals surface area contributed by atoms with Gasteiger partial charge in [-0.05, 0) is 5.92 Å². The molecule has 0 aliphatic carbocycles. The zero-order valence-electron chi connectivity index (χ0n) is 11.2. The lowest BCUT2D eigenvalue weighted by molar-refractivity contribution is -0.138. The van der Waals surface area contributed by atoms with E-state index in [2.05, 4.69) is 5.32 Å². The fourth-order valence-electron chi connectivity index (χ4n) is 1.87. The molecule has 0 bridgehead atoms. The van der Waals surface area contributed by atoms with Crippen LogP contribution in [-0.2, 0) is 14.4 Å². The smallest absolute Gasteiger partial charge is 0.303 e. The molecule has 19 heavy (non-hydrogen) atoms. The van der Waals surface area contributed by atoms with E-state index in [1.165, 1.54) is 0 Å². The Balaban J connectivity index is 2.44. The SMILES string of the molecule is CCC(=O)N1CSCC1C(=O)NCC(C)CC(=O)O. The molecular weight excluding hydrogens is 268 g/mol. The van der Waals surface area contributed by atoms with E-state index in [4.69, 9.17) is 5.11 Å². The Morgan fingerprint density at radius 2 is 2.16 bits per heavy atom. The number of carbonyl (C=O) groups is 3. The van der Waals surface area contributed by atoms with Crippen LogP contribution in [0.1, 0.15) is 26.7 Å². The lowest BCUT2D eigenvalue weighted by Gasteiger charge is -2.23. The second-order valence-electron chi connectivity index (χ2n) is 4.68. The van der Waals surface area contributed by atoms with E-state index in [0.717, 1.165) is 0 Å². The minimum Gasteiger partial charge on any atom is -0.481 e. The van der Waals surface area contributed by atoms with Crippen molar-refractivity contribution >= 4 is 29.5 Å². The van der Waals surface area contributed by atoms with Crippen molar-refractivity contribution in [1.82, 2.24) is 10.2 Å². The highest BCUT2D eigenvalue weighted by Crippen LogP contribution is 2.21. The summed E-state index contributed by atoms with van der Waals surface area (Å²) < 4.78 is 0. The number of aliphatic carboxylic acids is 1. The minimum absolute atomic E-state index is 0.0243. The molecule has 2 amide bonds. The molecule has 1 fully saturated rings. The van der Waals surface area contributed by atoms with Crippen LogP contribution in [0.15, 0.2) is 0 Å². The van der Waals surface area contributed by atoms with E-state index in [1.54, 1.807) is 30.5 Å². The maximum Gasteiger partial charge on any atom is 0.303 e. The minimum atomic E-state index is -0.874. The molecule has 0 saturated carbocycles. The molecule has 7 heteroatoms. The molecule has 6 nitrogen and oxygen atoms in total. The van der Waals surface area contributed by atoms with Crippen molar-refractivity contribution in [2.24, 2.45) is 5.92 Å². The predicted molar refractivity (Wildman–Crippen MR) is 72.7 cm³/mol. The predicted octanol–water partition coefficient (Wildman–Crippen LogP) is 0.525. The van der Waals surface area contributed by atoms with Gasteiger partial charge >= 0.3 is 5.97 Å². The Labute approximate surface area is 116 Å². The van der Waals surface area contributed by atoms with Crippen molar-refractivity contribution < 1.29 is 19.5 Å². The molecule has 1 saturated heterocycles. The molecule has 1 aliphatic heterocycles. The zero-order valence-corrected chi connectivity index (χ0v) is 12.0. The molecule has 0 aromatic rings. The summed E-state index contributed by atoms with van der Waals surface area (Å²) in [5.74, 6) is -0.0556. The first-order valence-corrected chi connectivity index (χ1v) is 7.47. The summed E-state index contributed by atoms with van der Waals surface area (Å²) in [5, 5.41) is 11.4. The van der Waals surface area contributed by atoms with Gasteiger partial charge in [-0.25, -0.2) is 0 Å². The van der Waals surface area contributed by atoms with E-state index in [-0.39, 0.29) is 24.2 Å². The van der Waals surface area contributed by atoms with Gasteiger partial charge in [0, 0.05) is 25.1 Å². The van der Waals surface area contributed by atoms with Crippen LogP contribution in [0.5, 0.6) is 0 Å².